The topological polar surface area (TPSA) is 78.0 Å². The second-order valence-corrected chi connectivity index (χ2v) is 12.5. The van der Waals surface area contributed by atoms with Gasteiger partial charge in [-0.3, -0.25) is 4.90 Å². The lowest BCUT2D eigenvalue weighted by Gasteiger charge is -2.45. The number of hydrogen-bond acceptors (Lipinski definition) is 5. The highest BCUT2D eigenvalue weighted by atomic mass is 32.2. The molecule has 0 spiro atoms. The van der Waals surface area contributed by atoms with Crippen LogP contribution >= 0.6 is 0 Å². The van der Waals surface area contributed by atoms with Crippen molar-refractivity contribution in [3.63, 3.8) is 0 Å². The van der Waals surface area contributed by atoms with Crippen molar-refractivity contribution in [3.05, 3.63) is 29.3 Å². The first-order valence-corrected chi connectivity index (χ1v) is 13.8. The number of rotatable bonds is 5. The highest BCUT2D eigenvalue weighted by Gasteiger charge is 2.45. The van der Waals surface area contributed by atoms with E-state index >= 15 is 0 Å². The third-order valence-corrected chi connectivity index (χ3v) is 10.2. The number of sulfonamides is 2. The molecule has 2 fully saturated rings. The monoisotopic (exact) mass is 441 g/mol. The molecule has 0 N–H and O–H groups in total. The van der Waals surface area contributed by atoms with Crippen LogP contribution in [0.2, 0.25) is 0 Å². The number of benzene rings is 1. The molecule has 0 amide bonds. The van der Waals surface area contributed by atoms with Gasteiger partial charge in [-0.1, -0.05) is 13.0 Å². The van der Waals surface area contributed by atoms with Crippen LogP contribution in [0.1, 0.15) is 37.3 Å². The summed E-state index contributed by atoms with van der Waals surface area (Å²) in [7, 11) is -6.69. The molecule has 0 unspecified atom stereocenters. The molecule has 2 saturated heterocycles. The largest absolute Gasteiger partial charge is 0.294 e. The summed E-state index contributed by atoms with van der Waals surface area (Å²) in [6, 6.07) is 5.58. The van der Waals surface area contributed by atoms with E-state index in [0.717, 1.165) is 32.1 Å². The van der Waals surface area contributed by atoms with Crippen LogP contribution in [0, 0.1) is 0 Å². The molecule has 4 rings (SSSR count). The molecule has 162 valence electrons. The molecule has 1 atom stereocenters. The molecule has 0 bridgehead atoms. The predicted octanol–water partition coefficient (Wildman–Crippen LogP) is 1.30. The van der Waals surface area contributed by atoms with Gasteiger partial charge in [-0.2, -0.15) is 4.31 Å². The molecule has 1 aromatic rings. The van der Waals surface area contributed by atoms with Crippen molar-refractivity contribution in [2.75, 3.05) is 45.5 Å². The Morgan fingerprint density at radius 3 is 2.24 bits per heavy atom. The van der Waals surface area contributed by atoms with Crippen LogP contribution in [0.5, 0.6) is 0 Å². The Kier molecular flexibility index (Phi) is 5.57. The molecular formula is C20H31N3O4S2. The molecule has 2 aliphatic heterocycles. The molecule has 0 saturated carbocycles. The highest BCUT2D eigenvalue weighted by Crippen LogP contribution is 2.34. The first-order chi connectivity index (χ1) is 13.7. The summed E-state index contributed by atoms with van der Waals surface area (Å²) >= 11 is 0. The Morgan fingerprint density at radius 2 is 1.62 bits per heavy atom. The van der Waals surface area contributed by atoms with Crippen molar-refractivity contribution >= 4 is 20.0 Å². The van der Waals surface area contributed by atoms with Gasteiger partial charge in [-0.15, -0.1) is 0 Å². The van der Waals surface area contributed by atoms with Gasteiger partial charge >= 0.3 is 0 Å². The van der Waals surface area contributed by atoms with E-state index in [4.69, 9.17) is 0 Å². The molecular weight excluding hydrogens is 410 g/mol. The van der Waals surface area contributed by atoms with Gasteiger partial charge in [0.2, 0.25) is 20.0 Å². The highest BCUT2D eigenvalue weighted by molar-refractivity contribution is 7.89. The van der Waals surface area contributed by atoms with Crippen molar-refractivity contribution in [1.29, 1.82) is 0 Å². The number of nitrogens with zero attached hydrogens (tertiary/aromatic N) is 3. The third-order valence-electron chi connectivity index (χ3n) is 7.04. The second kappa shape index (κ2) is 7.60. The second-order valence-electron chi connectivity index (χ2n) is 8.60. The predicted molar refractivity (Wildman–Crippen MR) is 113 cm³/mol. The minimum Gasteiger partial charge on any atom is -0.294 e. The van der Waals surface area contributed by atoms with E-state index in [2.05, 4.69) is 11.8 Å². The van der Waals surface area contributed by atoms with Crippen LogP contribution in [0.25, 0.3) is 0 Å². The molecule has 9 heteroatoms. The summed E-state index contributed by atoms with van der Waals surface area (Å²) < 4.78 is 53.4. The van der Waals surface area contributed by atoms with Gasteiger partial charge in [0.05, 0.1) is 11.2 Å². The van der Waals surface area contributed by atoms with Gasteiger partial charge < -0.3 is 0 Å². The van der Waals surface area contributed by atoms with Crippen molar-refractivity contribution in [2.45, 2.75) is 49.5 Å². The average Bonchev–Trinajstić information content (AvgIpc) is 3.35. The van der Waals surface area contributed by atoms with Gasteiger partial charge in [0.1, 0.15) is 0 Å². The molecule has 29 heavy (non-hydrogen) atoms. The number of hydrogen-bond donors (Lipinski definition) is 0. The van der Waals surface area contributed by atoms with Crippen LogP contribution in [0.15, 0.2) is 23.1 Å². The van der Waals surface area contributed by atoms with Crippen LogP contribution in [0.3, 0.4) is 0 Å². The van der Waals surface area contributed by atoms with Crippen LogP contribution in [0.4, 0.5) is 0 Å². The van der Waals surface area contributed by atoms with Crippen LogP contribution in [-0.2, 0) is 32.9 Å². The normalized spacial score (nSPS) is 27.4. The van der Waals surface area contributed by atoms with E-state index in [1.54, 1.807) is 14.7 Å². The first kappa shape index (κ1) is 21.2. The summed E-state index contributed by atoms with van der Waals surface area (Å²) in [4.78, 5) is 2.72. The molecule has 3 aliphatic rings. The van der Waals surface area contributed by atoms with E-state index < -0.39 is 20.0 Å². The van der Waals surface area contributed by atoms with Gasteiger partial charge in [-0.25, -0.2) is 21.1 Å². The summed E-state index contributed by atoms with van der Waals surface area (Å²) in [5, 5.41) is 0. The maximum Gasteiger partial charge on any atom is 0.243 e. The van der Waals surface area contributed by atoms with Crippen LogP contribution < -0.4 is 0 Å². The number of piperazine rings is 1. The molecule has 1 aliphatic carbocycles. The lowest BCUT2D eigenvalue weighted by Crippen LogP contribution is -2.58. The van der Waals surface area contributed by atoms with Crippen molar-refractivity contribution < 1.29 is 16.8 Å². The fourth-order valence-corrected chi connectivity index (χ4v) is 7.50. The van der Waals surface area contributed by atoms with Crippen molar-refractivity contribution in [3.8, 4) is 0 Å². The Bertz CT molecular complexity index is 985. The molecule has 0 aromatic heterocycles. The summed E-state index contributed by atoms with van der Waals surface area (Å²) in [5.41, 5.74) is 2.25. The fraction of sp³-hybridized carbons (Fsp3) is 0.700. The maximum atomic E-state index is 13.2. The number of fused-ring (bicyclic) bond motifs is 1. The summed E-state index contributed by atoms with van der Waals surface area (Å²) in [5.74, 6) is 0. The Balaban J connectivity index is 1.46. The molecule has 2 heterocycles. The standard InChI is InChI=1S/C20H31N3O4S2/c1-3-20(9-10-23(16-20)28(2,24)25)21-11-13-22(14-12-21)29(26,27)19-8-7-17-5-4-6-18(17)15-19/h7-8,15H,3-6,9-14,16H2,1-2H3/t20-/m1/s1. The Labute approximate surface area is 174 Å². The quantitative estimate of drug-likeness (QED) is 0.688. The lowest BCUT2D eigenvalue weighted by atomic mass is 9.92. The van der Waals surface area contributed by atoms with Crippen molar-refractivity contribution in [1.82, 2.24) is 13.5 Å². The zero-order valence-corrected chi connectivity index (χ0v) is 18.9. The van der Waals surface area contributed by atoms with Gasteiger partial charge in [0.25, 0.3) is 0 Å². The minimum absolute atomic E-state index is 0.188. The summed E-state index contributed by atoms with van der Waals surface area (Å²) in [6.45, 7) is 5.30. The number of aryl methyl sites for hydroxylation is 2. The molecule has 7 nitrogen and oxygen atoms in total. The minimum atomic E-state index is -3.49. The van der Waals surface area contributed by atoms with E-state index in [0.29, 0.717) is 44.2 Å². The summed E-state index contributed by atoms with van der Waals surface area (Å²) in [6.07, 6.45) is 6.02. The van der Waals surface area contributed by atoms with Crippen molar-refractivity contribution in [2.24, 2.45) is 0 Å². The zero-order valence-electron chi connectivity index (χ0n) is 17.3. The first-order valence-electron chi connectivity index (χ1n) is 10.5. The van der Waals surface area contributed by atoms with E-state index in [1.165, 1.54) is 17.4 Å². The fourth-order valence-electron chi connectivity index (χ4n) is 5.13. The van der Waals surface area contributed by atoms with Gasteiger partial charge in [0.15, 0.2) is 0 Å². The Hall–Kier alpha value is -1.00. The van der Waals surface area contributed by atoms with Gasteiger partial charge in [0, 0.05) is 44.8 Å². The van der Waals surface area contributed by atoms with E-state index in [1.807, 2.05) is 12.1 Å². The van der Waals surface area contributed by atoms with E-state index in [-0.39, 0.29) is 5.54 Å². The Morgan fingerprint density at radius 1 is 0.931 bits per heavy atom. The smallest absolute Gasteiger partial charge is 0.243 e. The molecule has 1 aromatic carbocycles. The average molecular weight is 442 g/mol. The third kappa shape index (κ3) is 3.87. The lowest BCUT2D eigenvalue weighted by molar-refractivity contribution is 0.0600. The van der Waals surface area contributed by atoms with Gasteiger partial charge in [-0.05, 0) is 55.4 Å². The van der Waals surface area contributed by atoms with E-state index in [9.17, 15) is 16.8 Å². The SMILES string of the molecule is CC[C@@]1(N2CCN(S(=O)(=O)c3ccc4c(c3)CCC4)CC2)CCN(S(C)(=O)=O)C1. The maximum absolute atomic E-state index is 13.2. The van der Waals surface area contributed by atoms with Crippen LogP contribution in [-0.4, -0.2) is 81.4 Å². The zero-order chi connectivity index (χ0) is 20.9. The molecule has 0 radical (unpaired) electrons.